The van der Waals surface area contributed by atoms with E-state index in [2.05, 4.69) is 41.4 Å². The molecular formula is C23H28Cl2N7+. The van der Waals surface area contributed by atoms with E-state index in [1.165, 1.54) is 11.6 Å². The third-order valence-corrected chi connectivity index (χ3v) is 5.54. The van der Waals surface area contributed by atoms with E-state index in [0.717, 1.165) is 28.1 Å². The summed E-state index contributed by atoms with van der Waals surface area (Å²) in [6, 6.07) is 7.80. The van der Waals surface area contributed by atoms with Gasteiger partial charge < -0.3 is 10.2 Å². The first-order valence-electron chi connectivity index (χ1n) is 10.4. The van der Waals surface area contributed by atoms with Gasteiger partial charge in [0, 0.05) is 24.5 Å². The van der Waals surface area contributed by atoms with E-state index < -0.39 is 0 Å². The first kappa shape index (κ1) is 23.8. The molecule has 0 aliphatic heterocycles. The van der Waals surface area contributed by atoms with Crippen molar-refractivity contribution < 1.29 is 11.6 Å². The Balaban J connectivity index is 1.98. The highest BCUT2D eigenvalue weighted by Gasteiger charge is 2.20. The highest BCUT2D eigenvalue weighted by molar-refractivity contribution is 6.29. The summed E-state index contributed by atoms with van der Waals surface area (Å²) in [5.74, 6) is 0.959. The van der Waals surface area contributed by atoms with Gasteiger partial charge >= 0.3 is 5.15 Å². The number of halogens is 2. The fraction of sp³-hybridized carbons (Fsp3) is 0.391. The normalized spacial score (nSPS) is 12.0. The number of nitriles is 1. The molecule has 0 atom stereocenters. The molecule has 0 radical (unpaired) electrons. The summed E-state index contributed by atoms with van der Waals surface area (Å²) in [5, 5.41) is 19.2. The van der Waals surface area contributed by atoms with Gasteiger partial charge in [-0.05, 0) is 44.4 Å². The van der Waals surface area contributed by atoms with Crippen LogP contribution in [0.5, 0.6) is 0 Å². The number of anilines is 1. The Labute approximate surface area is 198 Å². The first-order chi connectivity index (χ1) is 15.1. The van der Waals surface area contributed by atoms with Crippen molar-refractivity contribution in [2.24, 2.45) is 7.05 Å². The molecule has 0 spiro atoms. The topological polar surface area (TPSA) is 82.7 Å². The summed E-state index contributed by atoms with van der Waals surface area (Å²) in [6.45, 7) is 10.8. The third-order valence-electron chi connectivity index (χ3n) is 5.14. The molecule has 0 aromatic carbocycles. The van der Waals surface area contributed by atoms with Crippen LogP contribution in [-0.2, 0) is 13.6 Å². The number of hydrogen-bond donors (Lipinski definition) is 1. The highest BCUT2D eigenvalue weighted by atomic mass is 35.5. The number of pyridine rings is 2. The molecule has 9 heteroatoms. The van der Waals surface area contributed by atoms with Gasteiger partial charge in [0.2, 0.25) is 0 Å². The first-order valence-corrected chi connectivity index (χ1v) is 11.2. The Morgan fingerprint density at radius 3 is 2.59 bits per heavy atom. The number of nitrogens with zero attached hydrogens (tertiary/aromatic N) is 6. The quantitative estimate of drug-likeness (QED) is 0.402. The van der Waals surface area contributed by atoms with E-state index >= 15 is 0 Å². The summed E-state index contributed by atoms with van der Waals surface area (Å²) in [6.07, 6.45) is 1.48. The zero-order valence-electron chi connectivity index (χ0n) is 19.1. The molecule has 7 nitrogen and oxygen atoms in total. The highest BCUT2D eigenvalue weighted by Crippen LogP contribution is 2.28. The van der Waals surface area contributed by atoms with Crippen LogP contribution in [-0.4, -0.2) is 25.8 Å². The molecule has 0 aliphatic carbocycles. The predicted octanol–water partition coefficient (Wildman–Crippen LogP) is 4.51. The molecule has 1 N–H and O–H groups in total. The number of hydrogen-bond acceptors (Lipinski definition) is 6. The maximum Gasteiger partial charge on any atom is 0.321 e. The maximum atomic E-state index is 9.44. The summed E-state index contributed by atoms with van der Waals surface area (Å²) in [5.41, 5.74) is 4.68. The summed E-state index contributed by atoms with van der Waals surface area (Å²) >= 11 is 11.4. The van der Waals surface area contributed by atoms with E-state index in [4.69, 9.17) is 28.2 Å². The molecule has 0 fully saturated rings. The fourth-order valence-corrected chi connectivity index (χ4v) is 4.31. The minimum atomic E-state index is 0.0383. The van der Waals surface area contributed by atoms with Crippen molar-refractivity contribution in [3.8, 4) is 6.07 Å². The van der Waals surface area contributed by atoms with Gasteiger partial charge in [-0.15, -0.1) is 0 Å². The minimum absolute atomic E-state index is 0.0383. The predicted molar refractivity (Wildman–Crippen MR) is 125 cm³/mol. The van der Waals surface area contributed by atoms with Crippen LogP contribution in [0.25, 0.3) is 11.0 Å². The molecule has 0 unspecified atom stereocenters. The molecule has 32 heavy (non-hydrogen) atoms. The standard InChI is InChI=1S/C23H28Cl2N7/c1-13(2)18-9-16(28-23-22(18)15(5)30-31(23)6)12-27-21(7-8-26)32(14(3)4)17-10-19(24)29-20(25)11-17/h7,9-11,13-14,24,27H,12H2,1-6H3/q+1/b21-7-. The lowest BCUT2D eigenvalue weighted by Crippen LogP contribution is -2.37. The number of rotatable bonds is 7. The molecule has 3 rings (SSSR count). The molecule has 3 aromatic rings. The molecule has 0 bridgehead atoms. The largest absolute Gasteiger partial charge is 0.365 e. The fourth-order valence-electron chi connectivity index (χ4n) is 3.84. The van der Waals surface area contributed by atoms with Crippen LogP contribution in [0.2, 0.25) is 10.3 Å². The van der Waals surface area contributed by atoms with Crippen LogP contribution in [0, 0.1) is 29.9 Å². The van der Waals surface area contributed by atoms with Crippen molar-refractivity contribution in [1.29, 1.82) is 5.26 Å². The maximum absolute atomic E-state index is 9.44. The van der Waals surface area contributed by atoms with Crippen LogP contribution < -0.4 is 10.2 Å². The number of nitrogens with one attached hydrogen (secondary N) is 1. The lowest BCUT2D eigenvalue weighted by molar-refractivity contribution is -0.296. The van der Waals surface area contributed by atoms with Gasteiger partial charge in [-0.25, -0.2) is 4.98 Å². The number of fused-ring (bicyclic) bond motifs is 1. The molecular weight excluding hydrogens is 445 g/mol. The average Bonchev–Trinajstić information content (AvgIpc) is 2.98. The molecule has 0 saturated carbocycles. The van der Waals surface area contributed by atoms with Gasteiger partial charge in [0.15, 0.2) is 17.2 Å². The van der Waals surface area contributed by atoms with Crippen LogP contribution in [0.15, 0.2) is 30.1 Å². The monoisotopic (exact) mass is 472 g/mol. The minimum Gasteiger partial charge on any atom is -0.365 e. The second-order valence-corrected chi connectivity index (χ2v) is 9.03. The van der Waals surface area contributed by atoms with Crippen LogP contribution in [0.4, 0.5) is 5.69 Å². The molecule has 0 aliphatic rings. The number of aryl methyl sites for hydroxylation is 2. The van der Waals surface area contributed by atoms with Gasteiger partial charge in [-0.2, -0.15) is 15.3 Å². The zero-order chi connectivity index (χ0) is 23.6. The van der Waals surface area contributed by atoms with Crippen molar-refractivity contribution >= 4 is 28.3 Å². The number of aromatic nitrogens is 4. The lowest BCUT2D eigenvalue weighted by atomic mass is 9.99. The van der Waals surface area contributed by atoms with Gasteiger partial charge in [-0.3, -0.25) is 4.68 Å². The van der Waals surface area contributed by atoms with Crippen molar-refractivity contribution in [2.75, 3.05) is 4.90 Å². The Morgan fingerprint density at radius 2 is 2.00 bits per heavy atom. The van der Waals surface area contributed by atoms with Crippen molar-refractivity contribution in [3.05, 3.63) is 57.4 Å². The van der Waals surface area contributed by atoms with E-state index in [0.29, 0.717) is 28.6 Å². The van der Waals surface area contributed by atoms with E-state index in [9.17, 15) is 5.26 Å². The van der Waals surface area contributed by atoms with E-state index in [-0.39, 0.29) is 6.04 Å². The summed E-state index contributed by atoms with van der Waals surface area (Å²) < 4.78 is 1.82. The van der Waals surface area contributed by atoms with Gasteiger partial charge in [0.05, 0.1) is 35.8 Å². The Hall–Kier alpha value is -2.82. The Bertz CT molecular complexity index is 1190. The van der Waals surface area contributed by atoms with Crippen molar-refractivity contribution in [1.82, 2.24) is 25.1 Å². The second-order valence-electron chi connectivity index (χ2n) is 8.23. The van der Waals surface area contributed by atoms with Gasteiger partial charge in [-0.1, -0.05) is 25.4 Å². The molecule has 168 valence electrons. The summed E-state index contributed by atoms with van der Waals surface area (Å²) in [7, 11) is 1.91. The second kappa shape index (κ2) is 9.76. The molecule has 3 aromatic heterocycles. The van der Waals surface area contributed by atoms with Crippen molar-refractivity contribution in [2.45, 2.75) is 53.1 Å². The summed E-state index contributed by atoms with van der Waals surface area (Å²) in [4.78, 5) is 10.9. The van der Waals surface area contributed by atoms with Crippen molar-refractivity contribution in [3.63, 3.8) is 0 Å². The average molecular weight is 473 g/mol. The smallest absolute Gasteiger partial charge is 0.321 e. The van der Waals surface area contributed by atoms with Gasteiger partial charge in [0.1, 0.15) is 11.0 Å². The number of allylic oxidation sites excluding steroid dienone is 1. The lowest BCUT2D eigenvalue weighted by Gasteiger charge is -2.31. The zero-order valence-corrected chi connectivity index (χ0v) is 20.7. The van der Waals surface area contributed by atoms with Crippen LogP contribution >= 0.6 is 11.6 Å². The van der Waals surface area contributed by atoms with Gasteiger partial charge in [0.25, 0.3) is 0 Å². The Morgan fingerprint density at radius 1 is 1.28 bits per heavy atom. The third kappa shape index (κ3) is 4.98. The van der Waals surface area contributed by atoms with Crippen LogP contribution in [0.1, 0.15) is 50.6 Å². The Kier molecular flexibility index (Phi) is 7.27. The molecule has 0 amide bonds. The van der Waals surface area contributed by atoms with Crippen LogP contribution in [0.3, 0.4) is 0 Å². The SMILES string of the molecule is Cc1nn(C)c2nc(CN/C(=C/C#N)N(c3cc(Cl)nc([ClH+])c3)C(C)C)cc(C(C)C)c12. The van der Waals surface area contributed by atoms with E-state index in [1.807, 2.05) is 37.4 Å². The van der Waals surface area contributed by atoms with E-state index in [1.54, 1.807) is 12.1 Å². The molecule has 3 heterocycles. The molecule has 0 saturated heterocycles.